The van der Waals surface area contributed by atoms with Crippen LogP contribution >= 0.6 is 11.3 Å². The van der Waals surface area contributed by atoms with Gasteiger partial charge in [0, 0.05) is 19.6 Å². The summed E-state index contributed by atoms with van der Waals surface area (Å²) in [7, 11) is 0. The van der Waals surface area contributed by atoms with Crippen LogP contribution < -0.4 is 0 Å². The van der Waals surface area contributed by atoms with Gasteiger partial charge in [-0.05, 0) is 36.1 Å². The van der Waals surface area contributed by atoms with E-state index in [0.29, 0.717) is 12.5 Å². The molecule has 1 saturated heterocycles. The van der Waals surface area contributed by atoms with Crippen LogP contribution in [-0.4, -0.2) is 29.6 Å². The number of benzene rings is 1. The van der Waals surface area contributed by atoms with Gasteiger partial charge in [0.2, 0.25) is 5.89 Å². The molecule has 6 heteroatoms. The van der Waals surface area contributed by atoms with Gasteiger partial charge in [-0.1, -0.05) is 18.2 Å². The van der Waals surface area contributed by atoms with Gasteiger partial charge in [0.25, 0.3) is 0 Å². The predicted molar refractivity (Wildman–Crippen MR) is 94.9 cm³/mol. The largest absolute Gasteiger partial charge is 0.440 e. The standard InChI is InChI=1S/C19H19FN2O2S/c1-13-16(21-19(24-13)18-3-2-10-25-18)11-22-8-9-23-17(12-22)14-4-6-15(20)7-5-14/h2-7,10,17H,8-9,11-12H2,1H3. The van der Waals surface area contributed by atoms with E-state index in [1.165, 1.54) is 12.1 Å². The lowest BCUT2D eigenvalue weighted by Gasteiger charge is -2.32. The molecular formula is C19H19FN2O2S. The maximum atomic E-state index is 13.1. The Bertz CT molecular complexity index is 830. The molecular weight excluding hydrogens is 339 g/mol. The van der Waals surface area contributed by atoms with Gasteiger partial charge in [-0.15, -0.1) is 11.3 Å². The highest BCUT2D eigenvalue weighted by molar-refractivity contribution is 7.13. The summed E-state index contributed by atoms with van der Waals surface area (Å²) < 4.78 is 24.8. The lowest BCUT2D eigenvalue weighted by molar-refractivity contribution is -0.0333. The van der Waals surface area contributed by atoms with Crippen LogP contribution in [0.1, 0.15) is 23.1 Å². The van der Waals surface area contributed by atoms with Crippen molar-refractivity contribution >= 4 is 11.3 Å². The van der Waals surface area contributed by atoms with Crippen LogP contribution in [0, 0.1) is 12.7 Å². The van der Waals surface area contributed by atoms with Crippen molar-refractivity contribution in [1.82, 2.24) is 9.88 Å². The van der Waals surface area contributed by atoms with Crippen LogP contribution in [0.2, 0.25) is 0 Å². The second-order valence-electron chi connectivity index (χ2n) is 6.15. The van der Waals surface area contributed by atoms with Gasteiger partial charge in [-0.3, -0.25) is 4.90 Å². The average molecular weight is 358 g/mol. The summed E-state index contributed by atoms with van der Waals surface area (Å²) in [5.41, 5.74) is 1.96. The maximum absolute atomic E-state index is 13.1. The Kier molecular flexibility index (Phi) is 4.65. The van der Waals surface area contributed by atoms with Gasteiger partial charge in [0.05, 0.1) is 23.3 Å². The van der Waals surface area contributed by atoms with Gasteiger partial charge in [0.15, 0.2) is 0 Å². The molecule has 4 rings (SSSR count). The normalized spacial score (nSPS) is 18.6. The Balaban J connectivity index is 1.46. The molecule has 2 aromatic heterocycles. The molecule has 3 heterocycles. The summed E-state index contributed by atoms with van der Waals surface area (Å²) >= 11 is 1.62. The van der Waals surface area contributed by atoms with E-state index in [1.54, 1.807) is 23.5 Å². The molecule has 1 aromatic carbocycles. The van der Waals surface area contributed by atoms with Gasteiger partial charge >= 0.3 is 0 Å². The van der Waals surface area contributed by atoms with Crippen LogP contribution in [-0.2, 0) is 11.3 Å². The molecule has 1 aliphatic rings. The lowest BCUT2D eigenvalue weighted by Crippen LogP contribution is -2.38. The summed E-state index contributed by atoms with van der Waals surface area (Å²) in [6.07, 6.45) is -0.0432. The van der Waals surface area contributed by atoms with E-state index in [-0.39, 0.29) is 11.9 Å². The topological polar surface area (TPSA) is 38.5 Å². The number of morpholine rings is 1. The fourth-order valence-corrected chi connectivity index (χ4v) is 3.67. The van der Waals surface area contributed by atoms with Crippen molar-refractivity contribution < 1.29 is 13.5 Å². The Morgan fingerprint density at radius 2 is 2.12 bits per heavy atom. The molecule has 0 bridgehead atoms. The fourth-order valence-electron chi connectivity index (χ4n) is 3.02. The maximum Gasteiger partial charge on any atom is 0.236 e. The Labute approximate surface area is 149 Å². The highest BCUT2D eigenvalue weighted by Gasteiger charge is 2.24. The third-order valence-corrected chi connectivity index (χ3v) is 5.25. The van der Waals surface area contributed by atoms with Gasteiger partial charge in [0.1, 0.15) is 11.6 Å². The van der Waals surface area contributed by atoms with E-state index in [1.807, 2.05) is 24.4 Å². The Morgan fingerprint density at radius 3 is 2.88 bits per heavy atom. The first-order valence-electron chi connectivity index (χ1n) is 8.28. The van der Waals surface area contributed by atoms with Crippen molar-refractivity contribution in [2.24, 2.45) is 0 Å². The number of aromatic nitrogens is 1. The third kappa shape index (κ3) is 3.66. The lowest BCUT2D eigenvalue weighted by atomic mass is 10.1. The first-order chi connectivity index (χ1) is 12.2. The molecule has 130 valence electrons. The van der Waals surface area contributed by atoms with E-state index in [4.69, 9.17) is 9.15 Å². The van der Waals surface area contributed by atoms with Gasteiger partial charge in [-0.25, -0.2) is 9.37 Å². The zero-order valence-electron chi connectivity index (χ0n) is 13.9. The van der Waals surface area contributed by atoms with Crippen LogP contribution in [0.25, 0.3) is 10.8 Å². The number of oxazole rings is 1. The minimum atomic E-state index is -0.226. The van der Waals surface area contributed by atoms with Crippen LogP contribution in [0.4, 0.5) is 4.39 Å². The van der Waals surface area contributed by atoms with Crippen molar-refractivity contribution in [3.63, 3.8) is 0 Å². The summed E-state index contributed by atoms with van der Waals surface area (Å²) in [5, 5.41) is 2.02. The number of hydrogen-bond acceptors (Lipinski definition) is 5. The molecule has 3 aromatic rings. The highest BCUT2D eigenvalue weighted by atomic mass is 32.1. The smallest absolute Gasteiger partial charge is 0.236 e. The molecule has 1 aliphatic heterocycles. The molecule has 1 atom stereocenters. The minimum Gasteiger partial charge on any atom is -0.440 e. The summed E-state index contributed by atoms with van der Waals surface area (Å²) in [4.78, 5) is 8.02. The van der Waals surface area contributed by atoms with E-state index in [2.05, 4.69) is 9.88 Å². The number of rotatable bonds is 4. The molecule has 4 nitrogen and oxygen atoms in total. The fraction of sp³-hybridized carbons (Fsp3) is 0.316. The molecule has 25 heavy (non-hydrogen) atoms. The summed E-state index contributed by atoms with van der Waals surface area (Å²) in [6, 6.07) is 10.5. The molecule has 0 N–H and O–H groups in total. The minimum absolute atomic E-state index is 0.0432. The van der Waals surface area contributed by atoms with Crippen molar-refractivity contribution in [3.8, 4) is 10.8 Å². The average Bonchev–Trinajstić information content (AvgIpc) is 3.26. The number of aryl methyl sites for hydroxylation is 1. The quantitative estimate of drug-likeness (QED) is 0.692. The van der Waals surface area contributed by atoms with Gasteiger partial charge < -0.3 is 9.15 Å². The second-order valence-corrected chi connectivity index (χ2v) is 7.09. The highest BCUT2D eigenvalue weighted by Crippen LogP contribution is 2.28. The molecule has 0 saturated carbocycles. The van der Waals surface area contributed by atoms with Crippen molar-refractivity contribution in [1.29, 1.82) is 0 Å². The molecule has 0 amide bonds. The molecule has 1 fully saturated rings. The number of nitrogens with zero attached hydrogens (tertiary/aromatic N) is 2. The second kappa shape index (κ2) is 7.07. The first kappa shape index (κ1) is 16.4. The van der Waals surface area contributed by atoms with Crippen LogP contribution in [0.5, 0.6) is 0 Å². The molecule has 0 aliphatic carbocycles. The summed E-state index contributed by atoms with van der Waals surface area (Å²) in [5.74, 6) is 1.31. The number of ether oxygens (including phenoxy) is 1. The number of halogens is 1. The van der Waals surface area contributed by atoms with E-state index in [9.17, 15) is 4.39 Å². The van der Waals surface area contributed by atoms with Crippen LogP contribution in [0.15, 0.2) is 46.2 Å². The van der Waals surface area contributed by atoms with Gasteiger partial charge in [-0.2, -0.15) is 0 Å². The Morgan fingerprint density at radius 1 is 1.28 bits per heavy atom. The van der Waals surface area contributed by atoms with Crippen molar-refractivity contribution in [3.05, 3.63) is 64.6 Å². The molecule has 1 unspecified atom stereocenters. The van der Waals surface area contributed by atoms with E-state index < -0.39 is 0 Å². The van der Waals surface area contributed by atoms with Crippen LogP contribution in [0.3, 0.4) is 0 Å². The zero-order valence-corrected chi connectivity index (χ0v) is 14.8. The third-order valence-electron chi connectivity index (χ3n) is 4.39. The SMILES string of the molecule is Cc1oc(-c2cccs2)nc1CN1CCOC(c2ccc(F)cc2)C1. The monoisotopic (exact) mass is 358 g/mol. The molecule has 0 radical (unpaired) electrons. The van der Waals surface area contributed by atoms with E-state index >= 15 is 0 Å². The zero-order chi connectivity index (χ0) is 17.2. The number of hydrogen-bond donors (Lipinski definition) is 0. The van der Waals surface area contributed by atoms with E-state index in [0.717, 1.165) is 41.5 Å². The molecule has 0 spiro atoms. The predicted octanol–water partition coefficient (Wildman–Crippen LogP) is 4.42. The number of thiophene rings is 1. The first-order valence-corrected chi connectivity index (χ1v) is 9.16. The Hall–Kier alpha value is -2.02. The summed E-state index contributed by atoms with van der Waals surface area (Å²) in [6.45, 7) is 4.93. The van der Waals surface area contributed by atoms with Crippen molar-refractivity contribution in [2.45, 2.75) is 19.6 Å². The van der Waals surface area contributed by atoms with Crippen molar-refractivity contribution in [2.75, 3.05) is 19.7 Å².